The third-order valence-corrected chi connectivity index (χ3v) is 2.25. The Hall–Kier alpha value is -0.220. The van der Waals surface area contributed by atoms with Gasteiger partial charge < -0.3 is 10.6 Å². The molecule has 2 N–H and O–H groups in total. The van der Waals surface area contributed by atoms with Crippen molar-refractivity contribution in [3.8, 4) is 0 Å². The van der Waals surface area contributed by atoms with Crippen molar-refractivity contribution in [2.75, 3.05) is 25.1 Å². The van der Waals surface area contributed by atoms with Crippen LogP contribution in [0.15, 0.2) is 0 Å². The highest BCUT2D eigenvalue weighted by atomic mass is 32.2. The lowest BCUT2D eigenvalue weighted by Gasteiger charge is -2.20. The Labute approximate surface area is 91.4 Å². The summed E-state index contributed by atoms with van der Waals surface area (Å²) in [4.78, 5) is 11.2. The van der Waals surface area contributed by atoms with Gasteiger partial charge in [-0.25, -0.2) is 0 Å². The maximum Gasteiger partial charge on any atom is 0.221 e. The number of carbonyl (C=O) groups excluding carboxylic acids is 1. The van der Waals surface area contributed by atoms with Gasteiger partial charge in [0, 0.05) is 30.8 Å². The first-order valence-corrected chi connectivity index (χ1v) is 6.36. The molecule has 0 bridgehead atoms. The van der Waals surface area contributed by atoms with Crippen molar-refractivity contribution in [2.24, 2.45) is 0 Å². The molecule has 0 aliphatic heterocycles. The molecule has 0 unspecified atom stereocenters. The molecule has 0 aromatic rings. The first kappa shape index (κ1) is 13.8. The van der Waals surface area contributed by atoms with Gasteiger partial charge in [0.1, 0.15) is 0 Å². The van der Waals surface area contributed by atoms with Crippen molar-refractivity contribution >= 4 is 17.7 Å². The summed E-state index contributed by atoms with van der Waals surface area (Å²) < 4.78 is 0. The quantitative estimate of drug-likeness (QED) is 0.659. The second kappa shape index (κ2) is 7.12. The van der Waals surface area contributed by atoms with Crippen LogP contribution in [-0.4, -0.2) is 36.5 Å². The Morgan fingerprint density at radius 3 is 2.43 bits per heavy atom. The predicted molar refractivity (Wildman–Crippen MR) is 63.8 cm³/mol. The number of hydrogen-bond acceptors (Lipinski definition) is 3. The van der Waals surface area contributed by atoms with E-state index >= 15 is 0 Å². The van der Waals surface area contributed by atoms with Crippen LogP contribution in [0.5, 0.6) is 0 Å². The first-order valence-electron chi connectivity index (χ1n) is 4.96. The standard InChI is InChI=1S/C10H22N2OS/c1-10(2,3)12-6-5-9(13)11-7-8-14-4/h12H,5-8H2,1-4H3,(H,11,13). The highest BCUT2D eigenvalue weighted by Crippen LogP contribution is 1.97. The molecule has 0 atom stereocenters. The SMILES string of the molecule is CSCCNC(=O)CCNC(C)(C)C. The van der Waals surface area contributed by atoms with Crippen molar-refractivity contribution < 1.29 is 4.79 Å². The van der Waals surface area contributed by atoms with Crippen molar-refractivity contribution in [1.82, 2.24) is 10.6 Å². The highest BCUT2D eigenvalue weighted by molar-refractivity contribution is 7.98. The molecule has 0 heterocycles. The van der Waals surface area contributed by atoms with Gasteiger partial charge in [-0.1, -0.05) is 0 Å². The molecule has 0 aliphatic rings. The summed E-state index contributed by atoms with van der Waals surface area (Å²) in [6.07, 6.45) is 2.60. The monoisotopic (exact) mass is 218 g/mol. The number of amides is 1. The van der Waals surface area contributed by atoms with Crippen molar-refractivity contribution in [3.05, 3.63) is 0 Å². The topological polar surface area (TPSA) is 41.1 Å². The van der Waals surface area contributed by atoms with E-state index in [-0.39, 0.29) is 11.4 Å². The van der Waals surface area contributed by atoms with Crippen LogP contribution in [0.2, 0.25) is 0 Å². The molecule has 3 nitrogen and oxygen atoms in total. The summed E-state index contributed by atoms with van der Waals surface area (Å²) in [6.45, 7) is 7.81. The minimum absolute atomic E-state index is 0.0968. The zero-order chi connectivity index (χ0) is 11.0. The van der Waals surface area contributed by atoms with Gasteiger partial charge in [-0.05, 0) is 27.0 Å². The lowest BCUT2D eigenvalue weighted by atomic mass is 10.1. The van der Waals surface area contributed by atoms with Crippen LogP contribution in [0.1, 0.15) is 27.2 Å². The van der Waals surface area contributed by atoms with Crippen LogP contribution in [0.4, 0.5) is 0 Å². The van der Waals surface area contributed by atoms with Gasteiger partial charge in [0.2, 0.25) is 5.91 Å². The summed E-state index contributed by atoms with van der Waals surface area (Å²) in [5.41, 5.74) is 0.0968. The van der Waals surface area contributed by atoms with Gasteiger partial charge in [0.05, 0.1) is 0 Å². The maximum absolute atomic E-state index is 11.2. The van der Waals surface area contributed by atoms with Gasteiger partial charge >= 0.3 is 0 Å². The lowest BCUT2D eigenvalue weighted by Crippen LogP contribution is -2.38. The molecule has 84 valence electrons. The van der Waals surface area contributed by atoms with Crippen molar-refractivity contribution in [2.45, 2.75) is 32.7 Å². The molecule has 1 amide bonds. The summed E-state index contributed by atoms with van der Waals surface area (Å²) in [7, 11) is 0. The van der Waals surface area contributed by atoms with E-state index in [1.54, 1.807) is 11.8 Å². The number of hydrogen-bond donors (Lipinski definition) is 2. The fraction of sp³-hybridized carbons (Fsp3) is 0.900. The third-order valence-electron chi connectivity index (χ3n) is 1.64. The third kappa shape index (κ3) is 9.86. The van der Waals surface area contributed by atoms with Gasteiger partial charge in [-0.3, -0.25) is 4.79 Å². The van der Waals surface area contributed by atoms with E-state index in [4.69, 9.17) is 0 Å². The second-order valence-corrected chi connectivity index (χ2v) is 5.26. The van der Waals surface area contributed by atoms with Crippen LogP contribution < -0.4 is 10.6 Å². The van der Waals surface area contributed by atoms with E-state index < -0.39 is 0 Å². The molecule has 0 aliphatic carbocycles. The van der Waals surface area contributed by atoms with E-state index in [1.165, 1.54) is 0 Å². The van der Waals surface area contributed by atoms with Crippen LogP contribution in [0.25, 0.3) is 0 Å². The molecule has 0 spiro atoms. The number of thioether (sulfide) groups is 1. The molecule has 0 fully saturated rings. The maximum atomic E-state index is 11.2. The van der Waals surface area contributed by atoms with E-state index in [0.717, 1.165) is 18.8 Å². The second-order valence-electron chi connectivity index (χ2n) is 4.27. The number of carbonyl (C=O) groups is 1. The largest absolute Gasteiger partial charge is 0.355 e. The van der Waals surface area contributed by atoms with Crippen molar-refractivity contribution in [1.29, 1.82) is 0 Å². The lowest BCUT2D eigenvalue weighted by molar-refractivity contribution is -0.120. The normalized spacial score (nSPS) is 11.4. The van der Waals surface area contributed by atoms with Crippen LogP contribution >= 0.6 is 11.8 Å². The fourth-order valence-corrected chi connectivity index (χ4v) is 1.24. The van der Waals surface area contributed by atoms with Gasteiger partial charge in [0.15, 0.2) is 0 Å². The van der Waals surface area contributed by atoms with Gasteiger partial charge in [0.25, 0.3) is 0 Å². The molecular formula is C10H22N2OS. The molecule has 4 heteroatoms. The van der Waals surface area contributed by atoms with E-state index in [9.17, 15) is 4.79 Å². The Morgan fingerprint density at radius 1 is 1.29 bits per heavy atom. The molecule has 14 heavy (non-hydrogen) atoms. The number of nitrogens with one attached hydrogen (secondary N) is 2. The average Bonchev–Trinajstić information content (AvgIpc) is 2.02. The summed E-state index contributed by atoms with van der Waals surface area (Å²) in [6, 6.07) is 0. The minimum atomic E-state index is 0.0968. The Kier molecular flexibility index (Phi) is 7.01. The summed E-state index contributed by atoms with van der Waals surface area (Å²) in [5, 5.41) is 6.15. The first-order chi connectivity index (χ1) is 6.45. The molecule has 0 aromatic heterocycles. The number of rotatable bonds is 6. The Morgan fingerprint density at radius 2 is 1.93 bits per heavy atom. The van der Waals surface area contributed by atoms with Crippen LogP contribution in [-0.2, 0) is 4.79 Å². The van der Waals surface area contributed by atoms with Crippen molar-refractivity contribution in [3.63, 3.8) is 0 Å². The molecule has 0 saturated heterocycles. The Balaban J connectivity index is 3.36. The fourth-order valence-electron chi connectivity index (χ4n) is 0.932. The molecule has 0 rings (SSSR count). The summed E-state index contributed by atoms with van der Waals surface area (Å²) in [5.74, 6) is 1.12. The predicted octanol–water partition coefficient (Wildman–Crippen LogP) is 1.24. The molecule has 0 saturated carbocycles. The molecular weight excluding hydrogens is 196 g/mol. The van der Waals surface area contributed by atoms with Crippen LogP contribution in [0.3, 0.4) is 0 Å². The molecule has 0 aromatic carbocycles. The van der Waals surface area contributed by atoms with Gasteiger partial charge in [-0.2, -0.15) is 11.8 Å². The van der Waals surface area contributed by atoms with Gasteiger partial charge in [-0.15, -0.1) is 0 Å². The Bertz CT molecular complexity index is 166. The zero-order valence-corrected chi connectivity index (χ0v) is 10.5. The van der Waals surface area contributed by atoms with E-state index in [0.29, 0.717) is 6.42 Å². The average molecular weight is 218 g/mol. The zero-order valence-electron chi connectivity index (χ0n) is 9.64. The van der Waals surface area contributed by atoms with E-state index in [2.05, 4.69) is 31.4 Å². The van der Waals surface area contributed by atoms with E-state index in [1.807, 2.05) is 6.26 Å². The highest BCUT2D eigenvalue weighted by Gasteiger charge is 2.08. The molecule has 0 radical (unpaired) electrons. The minimum Gasteiger partial charge on any atom is -0.355 e. The smallest absolute Gasteiger partial charge is 0.221 e. The van der Waals surface area contributed by atoms with Crippen LogP contribution in [0, 0.1) is 0 Å². The summed E-state index contributed by atoms with van der Waals surface area (Å²) >= 11 is 1.74.